The van der Waals surface area contributed by atoms with E-state index in [4.69, 9.17) is 0 Å². The second-order valence-corrected chi connectivity index (χ2v) is 10.8. The molecule has 2 saturated heterocycles. The first-order valence-corrected chi connectivity index (χ1v) is 12.5. The Morgan fingerprint density at radius 1 is 1.03 bits per heavy atom. The lowest BCUT2D eigenvalue weighted by molar-refractivity contribution is -0.124. The highest BCUT2D eigenvalue weighted by Gasteiger charge is 2.49. The number of carbonyl (C=O) groups is 1. The fourth-order valence-electron chi connectivity index (χ4n) is 7.81. The van der Waals surface area contributed by atoms with Crippen molar-refractivity contribution in [1.29, 1.82) is 0 Å². The van der Waals surface area contributed by atoms with Gasteiger partial charge in [-0.1, -0.05) is 37.3 Å². The zero-order valence-electron chi connectivity index (χ0n) is 18.5. The molecule has 1 aromatic rings. The fraction of sp³-hybridized carbons (Fsp3) is 0.667. The Morgan fingerprint density at radius 2 is 1.80 bits per heavy atom. The van der Waals surface area contributed by atoms with Crippen LogP contribution in [0.4, 0.5) is 0 Å². The summed E-state index contributed by atoms with van der Waals surface area (Å²) in [5, 5.41) is 0. The molecular weight excluding hydrogens is 368 g/mol. The normalized spacial score (nSPS) is 35.0. The third-order valence-corrected chi connectivity index (χ3v) is 9.66. The van der Waals surface area contributed by atoms with Gasteiger partial charge in [0.25, 0.3) is 5.91 Å². The van der Waals surface area contributed by atoms with E-state index in [-0.39, 0.29) is 11.3 Å². The van der Waals surface area contributed by atoms with Gasteiger partial charge in [0.1, 0.15) is 0 Å². The van der Waals surface area contributed by atoms with Crippen molar-refractivity contribution < 1.29 is 4.79 Å². The molecule has 4 fully saturated rings. The first-order valence-electron chi connectivity index (χ1n) is 12.5. The van der Waals surface area contributed by atoms with Crippen LogP contribution in [0.25, 0.3) is 5.57 Å². The maximum absolute atomic E-state index is 13.2. The molecule has 1 unspecified atom stereocenters. The van der Waals surface area contributed by atoms with Gasteiger partial charge in [-0.2, -0.15) is 0 Å². The van der Waals surface area contributed by atoms with E-state index in [0.717, 1.165) is 61.7 Å². The quantitative estimate of drug-likeness (QED) is 0.702. The molecule has 3 aliphatic carbocycles. The lowest BCUT2D eigenvalue weighted by Crippen LogP contribution is -2.49. The maximum Gasteiger partial charge on any atom is 0.254 e. The fourth-order valence-corrected chi connectivity index (χ4v) is 7.81. The smallest absolute Gasteiger partial charge is 0.254 e. The van der Waals surface area contributed by atoms with Gasteiger partial charge in [-0.25, -0.2) is 0 Å². The molecule has 5 aliphatic rings. The second-order valence-electron chi connectivity index (χ2n) is 10.8. The van der Waals surface area contributed by atoms with Crippen LogP contribution in [0.3, 0.4) is 0 Å². The molecule has 3 heteroatoms. The number of hydrogen-bond donors (Lipinski definition) is 0. The Bertz CT molecular complexity index is 859. The van der Waals surface area contributed by atoms with Crippen molar-refractivity contribution in [3.8, 4) is 0 Å². The van der Waals surface area contributed by atoms with E-state index < -0.39 is 0 Å². The highest BCUT2D eigenvalue weighted by atomic mass is 16.2. The maximum atomic E-state index is 13.2. The van der Waals surface area contributed by atoms with Crippen LogP contribution in [0.15, 0.2) is 30.3 Å². The van der Waals surface area contributed by atoms with E-state index in [1.165, 1.54) is 56.3 Å². The number of carbonyl (C=O) groups excluding carboxylic acids is 1. The minimum absolute atomic E-state index is 0.241. The van der Waals surface area contributed by atoms with Crippen molar-refractivity contribution in [3.05, 3.63) is 41.5 Å². The highest BCUT2D eigenvalue weighted by molar-refractivity contribution is 6.20. The lowest BCUT2D eigenvalue weighted by atomic mass is 9.65. The summed E-state index contributed by atoms with van der Waals surface area (Å²) in [7, 11) is 0. The monoisotopic (exact) mass is 404 g/mol. The Kier molecular flexibility index (Phi) is 4.60. The minimum atomic E-state index is 0.241. The van der Waals surface area contributed by atoms with Crippen molar-refractivity contribution in [2.24, 2.45) is 17.8 Å². The van der Waals surface area contributed by atoms with Crippen LogP contribution in [-0.4, -0.2) is 47.9 Å². The molecule has 3 nitrogen and oxygen atoms in total. The number of fused-ring (bicyclic) bond motifs is 4. The molecule has 1 amide bonds. The van der Waals surface area contributed by atoms with Gasteiger partial charge < -0.3 is 9.80 Å². The molecule has 160 valence electrons. The third kappa shape index (κ3) is 2.84. The van der Waals surface area contributed by atoms with Crippen LogP contribution in [0, 0.1) is 17.8 Å². The summed E-state index contributed by atoms with van der Waals surface area (Å²) in [6.45, 7) is 6.84. The van der Waals surface area contributed by atoms with Gasteiger partial charge in [-0.15, -0.1) is 0 Å². The van der Waals surface area contributed by atoms with Gasteiger partial charge in [0.15, 0.2) is 0 Å². The summed E-state index contributed by atoms with van der Waals surface area (Å²) in [6.07, 6.45) is 12.5. The molecule has 2 aliphatic heterocycles. The molecule has 2 heterocycles. The Balaban J connectivity index is 1.23. The van der Waals surface area contributed by atoms with E-state index >= 15 is 0 Å². The molecule has 6 rings (SSSR count). The molecule has 1 spiro atoms. The summed E-state index contributed by atoms with van der Waals surface area (Å²) in [4.78, 5) is 18.1. The zero-order valence-corrected chi connectivity index (χ0v) is 18.5. The van der Waals surface area contributed by atoms with Crippen LogP contribution in [-0.2, 0) is 10.2 Å². The average Bonchev–Trinajstić information content (AvgIpc) is 3.52. The summed E-state index contributed by atoms with van der Waals surface area (Å²) in [6, 6.07) is 9.69. The topological polar surface area (TPSA) is 23.6 Å². The zero-order chi connectivity index (χ0) is 20.3. The van der Waals surface area contributed by atoms with Crippen LogP contribution in [0.2, 0.25) is 0 Å². The molecular formula is C27H36N2O. The van der Waals surface area contributed by atoms with Gasteiger partial charge in [0.2, 0.25) is 0 Å². The first-order chi connectivity index (χ1) is 14.7. The van der Waals surface area contributed by atoms with Gasteiger partial charge in [-0.3, -0.25) is 4.79 Å². The number of hydrogen-bond acceptors (Lipinski definition) is 2. The second kappa shape index (κ2) is 7.22. The molecule has 0 N–H and O–H groups in total. The van der Waals surface area contributed by atoms with Gasteiger partial charge >= 0.3 is 0 Å². The predicted octanol–water partition coefficient (Wildman–Crippen LogP) is 4.86. The van der Waals surface area contributed by atoms with Crippen molar-refractivity contribution >= 4 is 11.5 Å². The molecule has 0 radical (unpaired) electrons. The van der Waals surface area contributed by atoms with Crippen LogP contribution in [0.1, 0.15) is 69.4 Å². The van der Waals surface area contributed by atoms with Gasteiger partial charge in [0.05, 0.1) is 0 Å². The van der Waals surface area contributed by atoms with Gasteiger partial charge in [-0.05, 0) is 93.3 Å². The molecule has 30 heavy (non-hydrogen) atoms. The third-order valence-electron chi connectivity index (χ3n) is 9.66. The average molecular weight is 405 g/mol. The number of nitrogens with zero attached hydrogens (tertiary/aromatic N) is 2. The van der Waals surface area contributed by atoms with Crippen molar-refractivity contribution in [3.63, 3.8) is 0 Å². The molecule has 0 aromatic heterocycles. The standard InChI is InChI=1S/C27H36N2O/c1-19-20-8-9-21(19)25(18-20)28-16-12-27(13-17-28)11-10-23(22-6-2-3-7-24(22)27)26(30)29-14-4-5-15-29/h2-3,6-7,10,19-21,25H,4-5,8-9,11-18H2,1H3/t19-,20+,21-,25?/m1/s1. The molecule has 4 atom stereocenters. The van der Waals surface area contributed by atoms with Crippen molar-refractivity contribution in [2.75, 3.05) is 26.2 Å². The molecule has 2 bridgehead atoms. The summed E-state index contributed by atoms with van der Waals surface area (Å²) >= 11 is 0. The highest BCUT2D eigenvalue weighted by Crippen LogP contribution is 2.53. The summed E-state index contributed by atoms with van der Waals surface area (Å²) < 4.78 is 0. The number of amides is 1. The Hall–Kier alpha value is -1.61. The number of benzene rings is 1. The van der Waals surface area contributed by atoms with E-state index in [1.807, 2.05) is 0 Å². The van der Waals surface area contributed by atoms with Gasteiger partial charge in [0, 0.05) is 30.1 Å². The largest absolute Gasteiger partial charge is 0.339 e. The molecule has 2 saturated carbocycles. The summed E-state index contributed by atoms with van der Waals surface area (Å²) in [5.41, 5.74) is 3.90. The molecule has 1 aromatic carbocycles. The summed E-state index contributed by atoms with van der Waals surface area (Å²) in [5.74, 6) is 3.16. The number of rotatable bonds is 2. The van der Waals surface area contributed by atoms with E-state index in [1.54, 1.807) is 0 Å². The Morgan fingerprint density at radius 3 is 2.50 bits per heavy atom. The predicted molar refractivity (Wildman–Crippen MR) is 121 cm³/mol. The number of piperidine rings is 1. The van der Waals surface area contributed by atoms with Crippen LogP contribution < -0.4 is 0 Å². The van der Waals surface area contributed by atoms with Crippen LogP contribution >= 0.6 is 0 Å². The van der Waals surface area contributed by atoms with E-state index in [9.17, 15) is 4.79 Å². The van der Waals surface area contributed by atoms with E-state index in [0.29, 0.717) is 0 Å². The SMILES string of the molecule is C[C@@H]1[C@H]2CC[C@H]1C(N1CCC3(CC=C(C(=O)N4CCCC4)c4ccccc43)CC1)C2. The lowest BCUT2D eigenvalue weighted by Gasteiger charge is -2.47. The first kappa shape index (κ1) is 19.1. The van der Waals surface area contributed by atoms with Crippen molar-refractivity contribution in [2.45, 2.75) is 69.7 Å². The number of allylic oxidation sites excluding steroid dienone is 1. The minimum Gasteiger partial charge on any atom is -0.339 e. The Labute approximate surface area is 181 Å². The number of likely N-dealkylation sites (tertiary alicyclic amines) is 2. The van der Waals surface area contributed by atoms with E-state index in [2.05, 4.69) is 47.1 Å². The van der Waals surface area contributed by atoms with Crippen molar-refractivity contribution in [1.82, 2.24) is 9.80 Å². The van der Waals surface area contributed by atoms with Crippen LogP contribution in [0.5, 0.6) is 0 Å².